The number of hydrogen-bond acceptors (Lipinski definition) is 2. The highest BCUT2D eigenvalue weighted by molar-refractivity contribution is 5.76. The molecule has 112 valence electrons. The maximum absolute atomic E-state index is 12.4. The first kappa shape index (κ1) is 13.9. The monoisotopic (exact) mass is 279 g/mol. The van der Waals surface area contributed by atoms with Gasteiger partial charge in [-0.2, -0.15) is 0 Å². The molecule has 2 saturated carbocycles. The van der Waals surface area contributed by atoms with Gasteiger partial charge in [-0.1, -0.05) is 6.42 Å². The molecule has 4 heteroatoms. The van der Waals surface area contributed by atoms with E-state index in [2.05, 4.69) is 0 Å². The highest BCUT2D eigenvalue weighted by Crippen LogP contribution is 2.49. The molecule has 2 aliphatic carbocycles. The maximum Gasteiger partial charge on any atom is 0.303 e. The fourth-order valence-corrected chi connectivity index (χ4v) is 4.60. The van der Waals surface area contributed by atoms with E-state index in [1.165, 1.54) is 25.7 Å². The highest BCUT2D eigenvalue weighted by Gasteiger charge is 2.41. The van der Waals surface area contributed by atoms with Crippen molar-refractivity contribution in [1.82, 2.24) is 4.90 Å². The van der Waals surface area contributed by atoms with Crippen LogP contribution in [0.2, 0.25) is 0 Å². The molecular formula is C16H25NO3. The second-order valence-corrected chi connectivity index (χ2v) is 7.07. The van der Waals surface area contributed by atoms with E-state index in [1.807, 2.05) is 4.90 Å². The molecule has 0 aromatic rings. The lowest BCUT2D eigenvalue weighted by Crippen LogP contribution is -2.31. The first-order valence-electron chi connectivity index (χ1n) is 8.11. The molecule has 3 aliphatic rings. The lowest BCUT2D eigenvalue weighted by atomic mass is 9.86. The van der Waals surface area contributed by atoms with Crippen LogP contribution >= 0.6 is 0 Å². The predicted octanol–water partition coefficient (Wildman–Crippen LogP) is 2.53. The molecule has 4 unspecified atom stereocenters. The summed E-state index contributed by atoms with van der Waals surface area (Å²) in [4.78, 5) is 24.9. The van der Waals surface area contributed by atoms with Crippen LogP contribution in [0.5, 0.6) is 0 Å². The van der Waals surface area contributed by atoms with Crippen molar-refractivity contribution in [1.29, 1.82) is 0 Å². The van der Waals surface area contributed by atoms with Crippen molar-refractivity contribution < 1.29 is 14.7 Å². The Morgan fingerprint density at radius 1 is 1.15 bits per heavy atom. The Morgan fingerprint density at radius 2 is 2.00 bits per heavy atom. The summed E-state index contributed by atoms with van der Waals surface area (Å²) in [5.41, 5.74) is 0. The molecule has 1 heterocycles. The van der Waals surface area contributed by atoms with Crippen molar-refractivity contribution in [2.75, 3.05) is 13.1 Å². The number of hydrogen-bond donors (Lipinski definition) is 1. The van der Waals surface area contributed by atoms with Crippen molar-refractivity contribution in [2.24, 2.45) is 23.7 Å². The zero-order valence-corrected chi connectivity index (χ0v) is 12.1. The number of likely N-dealkylation sites (tertiary alicyclic amines) is 1. The molecule has 0 aromatic heterocycles. The minimum absolute atomic E-state index is 0.235. The predicted molar refractivity (Wildman–Crippen MR) is 75.1 cm³/mol. The van der Waals surface area contributed by atoms with E-state index >= 15 is 0 Å². The van der Waals surface area contributed by atoms with Gasteiger partial charge in [-0.25, -0.2) is 0 Å². The summed E-state index contributed by atoms with van der Waals surface area (Å²) in [6.45, 7) is 1.62. The summed E-state index contributed by atoms with van der Waals surface area (Å²) in [5.74, 6) is 2.35. The molecule has 1 amide bonds. The highest BCUT2D eigenvalue weighted by atomic mass is 16.4. The molecule has 20 heavy (non-hydrogen) atoms. The van der Waals surface area contributed by atoms with Gasteiger partial charge >= 0.3 is 5.97 Å². The average molecular weight is 279 g/mol. The summed E-state index contributed by atoms with van der Waals surface area (Å²) >= 11 is 0. The number of carbonyl (C=O) groups excluding carboxylic acids is 1. The summed E-state index contributed by atoms with van der Waals surface area (Å²) in [5, 5.41) is 8.72. The number of amides is 1. The minimum atomic E-state index is -0.725. The average Bonchev–Trinajstić information content (AvgIpc) is 3.12. The third kappa shape index (κ3) is 2.99. The Morgan fingerprint density at radius 3 is 2.65 bits per heavy atom. The third-order valence-electron chi connectivity index (χ3n) is 5.73. The van der Waals surface area contributed by atoms with Crippen molar-refractivity contribution >= 4 is 11.9 Å². The van der Waals surface area contributed by atoms with Gasteiger partial charge in [0, 0.05) is 25.9 Å². The standard InChI is InChI=1S/C16H25NO3/c18-15(9-14-8-12-1-3-13(14)7-12)17-6-5-11(10-17)2-4-16(19)20/h11-14H,1-10H2,(H,19,20). The maximum atomic E-state index is 12.4. The lowest BCUT2D eigenvalue weighted by Gasteiger charge is -2.24. The van der Waals surface area contributed by atoms with Gasteiger partial charge in [-0.15, -0.1) is 0 Å². The van der Waals surface area contributed by atoms with Gasteiger partial charge in [0.2, 0.25) is 5.91 Å². The molecule has 2 bridgehead atoms. The van der Waals surface area contributed by atoms with Crippen molar-refractivity contribution in [3.05, 3.63) is 0 Å². The Labute approximate surface area is 120 Å². The van der Waals surface area contributed by atoms with E-state index in [-0.39, 0.29) is 6.42 Å². The van der Waals surface area contributed by atoms with E-state index < -0.39 is 5.97 Å². The van der Waals surface area contributed by atoms with Crippen LogP contribution in [0.4, 0.5) is 0 Å². The number of nitrogens with zero attached hydrogens (tertiary/aromatic N) is 1. The third-order valence-corrected chi connectivity index (χ3v) is 5.73. The molecule has 1 N–H and O–H groups in total. The van der Waals surface area contributed by atoms with E-state index in [1.54, 1.807) is 0 Å². The zero-order valence-electron chi connectivity index (χ0n) is 12.1. The fraction of sp³-hybridized carbons (Fsp3) is 0.875. The molecule has 1 saturated heterocycles. The zero-order chi connectivity index (χ0) is 14.1. The van der Waals surface area contributed by atoms with E-state index in [9.17, 15) is 9.59 Å². The summed E-state index contributed by atoms with van der Waals surface area (Å²) in [7, 11) is 0. The number of carbonyl (C=O) groups is 2. The lowest BCUT2D eigenvalue weighted by molar-refractivity contribution is -0.137. The fourth-order valence-electron chi connectivity index (χ4n) is 4.60. The Hall–Kier alpha value is -1.06. The number of fused-ring (bicyclic) bond motifs is 2. The Bertz CT molecular complexity index is 395. The van der Waals surface area contributed by atoms with Gasteiger partial charge in [0.25, 0.3) is 0 Å². The second-order valence-electron chi connectivity index (χ2n) is 7.07. The van der Waals surface area contributed by atoms with Gasteiger partial charge in [-0.3, -0.25) is 9.59 Å². The molecule has 3 rings (SSSR count). The van der Waals surface area contributed by atoms with Crippen molar-refractivity contribution in [3.8, 4) is 0 Å². The van der Waals surface area contributed by atoms with E-state index in [0.717, 1.165) is 37.8 Å². The van der Waals surface area contributed by atoms with E-state index in [0.29, 0.717) is 24.2 Å². The summed E-state index contributed by atoms with van der Waals surface area (Å²) in [6.07, 6.45) is 8.03. The first-order chi connectivity index (χ1) is 9.61. The number of carboxylic acids is 1. The topological polar surface area (TPSA) is 57.6 Å². The van der Waals surface area contributed by atoms with Crippen molar-refractivity contribution in [2.45, 2.75) is 51.4 Å². The van der Waals surface area contributed by atoms with Gasteiger partial charge in [0.1, 0.15) is 0 Å². The minimum Gasteiger partial charge on any atom is -0.481 e. The van der Waals surface area contributed by atoms with Crippen LogP contribution in [0.3, 0.4) is 0 Å². The number of carboxylic acid groups (broad SMARTS) is 1. The van der Waals surface area contributed by atoms with Crippen molar-refractivity contribution in [3.63, 3.8) is 0 Å². The largest absolute Gasteiger partial charge is 0.481 e. The summed E-state index contributed by atoms with van der Waals surface area (Å²) in [6, 6.07) is 0. The number of rotatable bonds is 5. The van der Waals surface area contributed by atoms with Crippen LogP contribution in [-0.2, 0) is 9.59 Å². The molecule has 1 aliphatic heterocycles. The SMILES string of the molecule is O=C(O)CCC1CCN(C(=O)CC2CC3CCC2C3)C1. The quantitative estimate of drug-likeness (QED) is 0.841. The normalized spacial score (nSPS) is 35.7. The second kappa shape index (κ2) is 5.74. The van der Waals surface area contributed by atoms with Crippen LogP contribution in [0.25, 0.3) is 0 Å². The summed E-state index contributed by atoms with van der Waals surface area (Å²) < 4.78 is 0. The molecule has 0 spiro atoms. The Balaban J connectivity index is 1.43. The first-order valence-corrected chi connectivity index (χ1v) is 8.11. The number of aliphatic carboxylic acids is 1. The van der Waals surface area contributed by atoms with Crippen LogP contribution < -0.4 is 0 Å². The van der Waals surface area contributed by atoms with Crippen LogP contribution in [0, 0.1) is 23.7 Å². The molecule has 3 fully saturated rings. The molecule has 4 atom stereocenters. The van der Waals surface area contributed by atoms with Gasteiger partial charge < -0.3 is 10.0 Å². The van der Waals surface area contributed by atoms with Gasteiger partial charge in [0.05, 0.1) is 0 Å². The van der Waals surface area contributed by atoms with Crippen LogP contribution in [0.15, 0.2) is 0 Å². The molecule has 4 nitrogen and oxygen atoms in total. The smallest absolute Gasteiger partial charge is 0.303 e. The Kier molecular flexibility index (Phi) is 3.99. The van der Waals surface area contributed by atoms with Gasteiger partial charge in [0.15, 0.2) is 0 Å². The van der Waals surface area contributed by atoms with Crippen LogP contribution in [-0.4, -0.2) is 35.0 Å². The molecular weight excluding hydrogens is 254 g/mol. The van der Waals surface area contributed by atoms with E-state index in [4.69, 9.17) is 5.11 Å². The van der Waals surface area contributed by atoms with Gasteiger partial charge in [-0.05, 0) is 55.8 Å². The molecule has 0 aromatic carbocycles. The van der Waals surface area contributed by atoms with Crippen LogP contribution in [0.1, 0.15) is 51.4 Å². The molecule has 0 radical (unpaired) electrons.